The Morgan fingerprint density at radius 1 is 1.06 bits per heavy atom. The largest absolute Gasteiger partial charge is 0.481 e. The molecule has 1 unspecified atom stereocenters. The van der Waals surface area contributed by atoms with E-state index in [1.54, 1.807) is 36.4 Å². The van der Waals surface area contributed by atoms with Crippen molar-refractivity contribution >= 4 is 33.3 Å². The lowest BCUT2D eigenvalue weighted by atomic mass is 10.00. The summed E-state index contributed by atoms with van der Waals surface area (Å²) in [6.45, 7) is 2.30. The Bertz CT molecular complexity index is 1140. The van der Waals surface area contributed by atoms with Crippen LogP contribution in [-0.4, -0.2) is 33.3 Å². The number of thiazole rings is 1. The maximum Gasteiger partial charge on any atom is 0.221 e. The lowest BCUT2D eigenvalue weighted by molar-refractivity contribution is 0.399. The van der Waals surface area contributed by atoms with Gasteiger partial charge < -0.3 is 4.74 Å². The van der Waals surface area contributed by atoms with E-state index in [-0.39, 0.29) is 0 Å². The Morgan fingerprint density at radius 3 is 2.65 bits per heavy atom. The van der Waals surface area contributed by atoms with Crippen LogP contribution in [0.3, 0.4) is 0 Å². The summed E-state index contributed by atoms with van der Waals surface area (Å²) in [5.74, 6) is 2.18. The Morgan fingerprint density at radius 2 is 1.87 bits per heavy atom. The molecule has 0 aliphatic rings. The summed E-state index contributed by atoms with van der Waals surface area (Å²) in [5, 5.41) is 1.19. The topological polar surface area (TPSA) is 60.8 Å². The van der Waals surface area contributed by atoms with Crippen molar-refractivity contribution in [1.29, 1.82) is 0 Å². The summed E-state index contributed by atoms with van der Waals surface area (Å²) in [6.07, 6.45) is 11.7. The van der Waals surface area contributed by atoms with Crippen LogP contribution in [0, 0.1) is 5.92 Å². The van der Waals surface area contributed by atoms with Crippen LogP contribution >= 0.6 is 23.1 Å². The number of benzene rings is 1. The van der Waals surface area contributed by atoms with Crippen LogP contribution in [-0.2, 0) is 12.8 Å². The SMILES string of the molecule is COc1ncccc1-c1ccc2nc(CCC(C)CCc3ncc(SC)cn3)sc2c1. The number of aryl methyl sites for hydroxylation is 2. The fraction of sp³-hybridized carbons (Fsp3) is 0.333. The lowest BCUT2D eigenvalue weighted by Crippen LogP contribution is -2.02. The molecule has 5 nitrogen and oxygen atoms in total. The number of hydrogen-bond acceptors (Lipinski definition) is 7. The molecule has 31 heavy (non-hydrogen) atoms. The summed E-state index contributed by atoms with van der Waals surface area (Å²) < 4.78 is 6.62. The number of ether oxygens (including phenoxy) is 1. The summed E-state index contributed by atoms with van der Waals surface area (Å²) in [7, 11) is 1.65. The summed E-state index contributed by atoms with van der Waals surface area (Å²) >= 11 is 3.45. The van der Waals surface area contributed by atoms with Gasteiger partial charge in [0.2, 0.25) is 5.88 Å². The molecule has 0 spiro atoms. The molecule has 0 aliphatic carbocycles. The zero-order valence-electron chi connectivity index (χ0n) is 18.0. The Labute approximate surface area is 191 Å². The second-order valence-corrected chi connectivity index (χ2v) is 9.57. The third-order valence-electron chi connectivity index (χ3n) is 5.34. The molecule has 0 saturated carbocycles. The van der Waals surface area contributed by atoms with Gasteiger partial charge in [-0.15, -0.1) is 23.1 Å². The number of hydrogen-bond donors (Lipinski definition) is 0. The third-order valence-corrected chi connectivity index (χ3v) is 7.10. The standard InChI is InChI=1S/C24H26N4OS2/c1-16(6-10-22-26-14-18(30-3)15-27-22)7-11-23-28-20-9-8-17(13-21(20)31-23)19-5-4-12-25-24(19)29-2/h4-5,8-9,12-16H,6-7,10-11H2,1-3H3. The first kappa shape index (κ1) is 21.7. The number of aromatic nitrogens is 4. The maximum atomic E-state index is 5.42. The smallest absolute Gasteiger partial charge is 0.221 e. The highest BCUT2D eigenvalue weighted by Gasteiger charge is 2.11. The quantitative estimate of drug-likeness (QED) is 0.288. The molecule has 3 aromatic heterocycles. The van der Waals surface area contributed by atoms with Gasteiger partial charge in [-0.05, 0) is 61.3 Å². The van der Waals surface area contributed by atoms with E-state index in [9.17, 15) is 0 Å². The molecule has 0 N–H and O–H groups in total. The van der Waals surface area contributed by atoms with E-state index in [4.69, 9.17) is 9.72 Å². The highest BCUT2D eigenvalue weighted by molar-refractivity contribution is 7.98. The minimum Gasteiger partial charge on any atom is -0.481 e. The Balaban J connectivity index is 1.37. The number of nitrogens with zero attached hydrogens (tertiary/aromatic N) is 4. The van der Waals surface area contributed by atoms with Gasteiger partial charge in [-0.3, -0.25) is 0 Å². The molecule has 0 saturated heterocycles. The molecular weight excluding hydrogens is 424 g/mol. The first-order valence-corrected chi connectivity index (χ1v) is 12.4. The number of fused-ring (bicyclic) bond motifs is 1. The molecule has 0 radical (unpaired) electrons. The molecule has 0 fully saturated rings. The fourth-order valence-electron chi connectivity index (χ4n) is 3.49. The van der Waals surface area contributed by atoms with E-state index in [0.717, 1.165) is 53.0 Å². The van der Waals surface area contributed by atoms with Crippen molar-refractivity contribution in [3.63, 3.8) is 0 Å². The van der Waals surface area contributed by atoms with Crippen molar-refractivity contribution < 1.29 is 4.74 Å². The lowest BCUT2D eigenvalue weighted by Gasteiger charge is -2.09. The molecule has 0 bridgehead atoms. The van der Waals surface area contributed by atoms with Crippen molar-refractivity contribution in [2.24, 2.45) is 5.92 Å². The van der Waals surface area contributed by atoms with Gasteiger partial charge in [-0.25, -0.2) is 19.9 Å². The average molecular weight is 451 g/mol. The monoisotopic (exact) mass is 450 g/mol. The highest BCUT2D eigenvalue weighted by Crippen LogP contribution is 2.32. The first-order chi connectivity index (χ1) is 15.2. The average Bonchev–Trinajstić information content (AvgIpc) is 3.24. The van der Waals surface area contributed by atoms with Crippen LogP contribution in [0.1, 0.15) is 30.6 Å². The van der Waals surface area contributed by atoms with E-state index < -0.39 is 0 Å². The third kappa shape index (κ3) is 5.40. The summed E-state index contributed by atoms with van der Waals surface area (Å²) in [6, 6.07) is 10.3. The van der Waals surface area contributed by atoms with Crippen LogP contribution in [0.5, 0.6) is 5.88 Å². The molecule has 0 amide bonds. The Kier molecular flexibility index (Phi) is 7.14. The first-order valence-electron chi connectivity index (χ1n) is 10.4. The minimum atomic E-state index is 0.603. The minimum absolute atomic E-state index is 0.603. The van der Waals surface area contributed by atoms with Crippen LogP contribution in [0.15, 0.2) is 53.8 Å². The molecule has 7 heteroatoms. The van der Waals surface area contributed by atoms with Gasteiger partial charge in [0, 0.05) is 35.5 Å². The van der Waals surface area contributed by atoms with E-state index >= 15 is 0 Å². The molecule has 1 atom stereocenters. The van der Waals surface area contributed by atoms with Gasteiger partial charge in [-0.2, -0.15) is 0 Å². The van der Waals surface area contributed by atoms with Gasteiger partial charge in [-0.1, -0.05) is 13.0 Å². The van der Waals surface area contributed by atoms with Crippen molar-refractivity contribution in [2.45, 2.75) is 37.5 Å². The summed E-state index contributed by atoms with van der Waals surface area (Å²) in [5.41, 5.74) is 3.17. The zero-order chi connectivity index (χ0) is 21.6. The molecule has 4 rings (SSSR count). The Hall–Kier alpha value is -2.51. The van der Waals surface area contributed by atoms with Crippen LogP contribution in [0.25, 0.3) is 21.3 Å². The number of thioether (sulfide) groups is 1. The predicted molar refractivity (Wildman–Crippen MR) is 129 cm³/mol. The number of rotatable bonds is 9. The summed E-state index contributed by atoms with van der Waals surface area (Å²) in [4.78, 5) is 19.2. The van der Waals surface area contributed by atoms with Crippen molar-refractivity contribution in [2.75, 3.05) is 13.4 Å². The number of pyridine rings is 1. The maximum absolute atomic E-state index is 5.42. The predicted octanol–water partition coefficient (Wildman–Crippen LogP) is 6.08. The van der Waals surface area contributed by atoms with Crippen LogP contribution in [0.4, 0.5) is 0 Å². The number of methoxy groups -OCH3 is 1. The highest BCUT2D eigenvalue weighted by atomic mass is 32.2. The van der Waals surface area contributed by atoms with Crippen molar-refractivity contribution in [1.82, 2.24) is 19.9 Å². The van der Waals surface area contributed by atoms with E-state index in [1.165, 1.54) is 9.71 Å². The van der Waals surface area contributed by atoms with Gasteiger partial charge in [0.1, 0.15) is 5.82 Å². The van der Waals surface area contributed by atoms with E-state index in [0.29, 0.717) is 11.8 Å². The van der Waals surface area contributed by atoms with Gasteiger partial charge in [0.25, 0.3) is 0 Å². The second kappa shape index (κ2) is 10.2. The molecular formula is C24H26N4OS2. The zero-order valence-corrected chi connectivity index (χ0v) is 19.7. The van der Waals surface area contributed by atoms with E-state index in [1.807, 2.05) is 30.8 Å². The van der Waals surface area contributed by atoms with Gasteiger partial charge >= 0.3 is 0 Å². The molecule has 3 heterocycles. The molecule has 160 valence electrons. The normalized spacial score (nSPS) is 12.2. The second-order valence-electron chi connectivity index (χ2n) is 7.57. The van der Waals surface area contributed by atoms with Crippen LogP contribution in [0.2, 0.25) is 0 Å². The fourth-order valence-corrected chi connectivity index (χ4v) is 4.83. The van der Waals surface area contributed by atoms with Gasteiger partial charge in [0.15, 0.2) is 0 Å². The van der Waals surface area contributed by atoms with Crippen molar-refractivity contribution in [3.8, 4) is 17.0 Å². The van der Waals surface area contributed by atoms with Crippen molar-refractivity contribution in [3.05, 3.63) is 59.8 Å². The molecule has 0 aliphatic heterocycles. The molecule has 4 aromatic rings. The van der Waals surface area contributed by atoms with Crippen LogP contribution < -0.4 is 4.74 Å². The van der Waals surface area contributed by atoms with E-state index in [2.05, 4.69) is 40.1 Å². The van der Waals surface area contributed by atoms with Gasteiger partial charge in [0.05, 0.1) is 22.3 Å². The molecule has 1 aromatic carbocycles.